The van der Waals surface area contributed by atoms with Crippen LogP contribution < -0.4 is 0 Å². The summed E-state index contributed by atoms with van der Waals surface area (Å²) in [6.45, 7) is 1.39. The first-order chi connectivity index (χ1) is 7.42. The highest BCUT2D eigenvalue weighted by atomic mass is 16.5. The molecule has 2 heterocycles. The fourth-order valence-corrected chi connectivity index (χ4v) is 1.33. The standard InChI is InChI=1S/C10H12N4O/c1-15-6-5-14-8-12-13-10(14)9-3-2-4-11-7-9/h2-4,7-8H,5-6H2,1H3. The molecule has 2 aromatic heterocycles. The molecule has 5 heteroatoms. The fourth-order valence-electron chi connectivity index (χ4n) is 1.33. The molecule has 2 rings (SSSR count). The molecule has 0 unspecified atom stereocenters. The number of pyridine rings is 1. The lowest BCUT2D eigenvalue weighted by atomic mass is 10.3. The molecule has 0 aliphatic rings. The Labute approximate surface area is 87.7 Å². The Morgan fingerprint density at radius 3 is 3.13 bits per heavy atom. The van der Waals surface area contributed by atoms with E-state index >= 15 is 0 Å². The summed E-state index contributed by atoms with van der Waals surface area (Å²) >= 11 is 0. The second-order valence-corrected chi connectivity index (χ2v) is 3.08. The van der Waals surface area contributed by atoms with Gasteiger partial charge in [-0.3, -0.25) is 4.98 Å². The van der Waals surface area contributed by atoms with Crippen LogP contribution in [-0.4, -0.2) is 33.5 Å². The third-order valence-electron chi connectivity index (χ3n) is 2.07. The normalized spacial score (nSPS) is 10.5. The van der Waals surface area contributed by atoms with Gasteiger partial charge in [0, 0.05) is 31.6 Å². The lowest BCUT2D eigenvalue weighted by molar-refractivity contribution is 0.187. The van der Waals surface area contributed by atoms with E-state index in [9.17, 15) is 0 Å². The van der Waals surface area contributed by atoms with Crippen molar-refractivity contribution in [3.8, 4) is 11.4 Å². The minimum atomic E-state index is 0.644. The summed E-state index contributed by atoms with van der Waals surface area (Å²) in [4.78, 5) is 4.05. The molecular formula is C10H12N4O. The number of rotatable bonds is 4. The minimum Gasteiger partial charge on any atom is -0.383 e. The summed E-state index contributed by atoms with van der Waals surface area (Å²) in [7, 11) is 1.67. The molecule has 2 aromatic rings. The molecule has 0 aromatic carbocycles. The van der Waals surface area contributed by atoms with E-state index in [1.807, 2.05) is 16.7 Å². The van der Waals surface area contributed by atoms with Crippen molar-refractivity contribution >= 4 is 0 Å². The first-order valence-electron chi connectivity index (χ1n) is 4.69. The fraction of sp³-hybridized carbons (Fsp3) is 0.300. The molecular weight excluding hydrogens is 192 g/mol. The zero-order chi connectivity index (χ0) is 10.5. The minimum absolute atomic E-state index is 0.644. The number of hydrogen-bond donors (Lipinski definition) is 0. The highest BCUT2D eigenvalue weighted by Gasteiger charge is 2.05. The zero-order valence-electron chi connectivity index (χ0n) is 8.50. The molecule has 0 bridgehead atoms. The van der Waals surface area contributed by atoms with Crippen molar-refractivity contribution in [3.63, 3.8) is 0 Å². The van der Waals surface area contributed by atoms with Gasteiger partial charge >= 0.3 is 0 Å². The maximum absolute atomic E-state index is 5.01. The van der Waals surface area contributed by atoms with E-state index in [1.54, 1.807) is 25.8 Å². The Bertz CT molecular complexity index is 412. The van der Waals surface area contributed by atoms with Gasteiger partial charge in [-0.1, -0.05) is 0 Å². The molecule has 0 saturated heterocycles. The van der Waals surface area contributed by atoms with Gasteiger partial charge in [0.25, 0.3) is 0 Å². The van der Waals surface area contributed by atoms with Crippen LogP contribution in [0.2, 0.25) is 0 Å². The van der Waals surface area contributed by atoms with Crippen LogP contribution in [0.5, 0.6) is 0 Å². The van der Waals surface area contributed by atoms with Gasteiger partial charge in [0.15, 0.2) is 5.82 Å². The SMILES string of the molecule is COCCn1cnnc1-c1cccnc1. The average molecular weight is 204 g/mol. The smallest absolute Gasteiger partial charge is 0.165 e. The van der Waals surface area contributed by atoms with Gasteiger partial charge in [0.1, 0.15) is 6.33 Å². The van der Waals surface area contributed by atoms with E-state index in [0.717, 1.165) is 17.9 Å². The van der Waals surface area contributed by atoms with Crippen LogP contribution in [0.1, 0.15) is 0 Å². The van der Waals surface area contributed by atoms with Crippen LogP contribution in [0.4, 0.5) is 0 Å². The highest BCUT2D eigenvalue weighted by molar-refractivity contribution is 5.52. The van der Waals surface area contributed by atoms with Gasteiger partial charge in [-0.15, -0.1) is 10.2 Å². The van der Waals surface area contributed by atoms with Crippen LogP contribution in [0.3, 0.4) is 0 Å². The van der Waals surface area contributed by atoms with Crippen molar-refractivity contribution in [1.29, 1.82) is 0 Å². The molecule has 0 fully saturated rings. The number of ether oxygens (including phenoxy) is 1. The van der Waals surface area contributed by atoms with Crippen LogP contribution in [0, 0.1) is 0 Å². The Morgan fingerprint density at radius 2 is 2.40 bits per heavy atom. The topological polar surface area (TPSA) is 52.8 Å². The summed E-state index contributed by atoms with van der Waals surface area (Å²) in [5.41, 5.74) is 0.964. The Hall–Kier alpha value is -1.75. The Morgan fingerprint density at radius 1 is 1.47 bits per heavy atom. The predicted octanol–water partition coefficient (Wildman–Crippen LogP) is 0.986. The first-order valence-corrected chi connectivity index (χ1v) is 4.69. The van der Waals surface area contributed by atoms with E-state index < -0.39 is 0 Å². The second-order valence-electron chi connectivity index (χ2n) is 3.08. The van der Waals surface area contributed by atoms with Crippen molar-refractivity contribution in [1.82, 2.24) is 19.7 Å². The van der Waals surface area contributed by atoms with E-state index in [4.69, 9.17) is 4.74 Å². The quantitative estimate of drug-likeness (QED) is 0.745. The molecule has 0 radical (unpaired) electrons. The molecule has 0 aliphatic carbocycles. The van der Waals surface area contributed by atoms with Crippen molar-refractivity contribution in [2.45, 2.75) is 6.54 Å². The van der Waals surface area contributed by atoms with Gasteiger partial charge < -0.3 is 9.30 Å². The summed E-state index contributed by atoms with van der Waals surface area (Å²) in [6, 6.07) is 3.84. The third kappa shape index (κ3) is 2.19. The van der Waals surface area contributed by atoms with E-state index in [1.165, 1.54) is 0 Å². The van der Waals surface area contributed by atoms with Crippen molar-refractivity contribution in [2.24, 2.45) is 0 Å². The number of nitrogens with zero attached hydrogens (tertiary/aromatic N) is 4. The predicted molar refractivity (Wildman–Crippen MR) is 55.1 cm³/mol. The largest absolute Gasteiger partial charge is 0.383 e. The molecule has 78 valence electrons. The van der Waals surface area contributed by atoms with Crippen molar-refractivity contribution < 1.29 is 4.74 Å². The number of aromatic nitrogens is 4. The zero-order valence-corrected chi connectivity index (χ0v) is 8.50. The van der Waals surface area contributed by atoms with Gasteiger partial charge in [-0.2, -0.15) is 0 Å². The molecule has 15 heavy (non-hydrogen) atoms. The lowest BCUT2D eigenvalue weighted by Gasteiger charge is -2.04. The molecule has 5 nitrogen and oxygen atoms in total. The molecule has 0 N–H and O–H groups in total. The van der Waals surface area contributed by atoms with Gasteiger partial charge in [-0.05, 0) is 12.1 Å². The monoisotopic (exact) mass is 204 g/mol. The van der Waals surface area contributed by atoms with Gasteiger partial charge in [-0.25, -0.2) is 0 Å². The van der Waals surface area contributed by atoms with E-state index in [-0.39, 0.29) is 0 Å². The van der Waals surface area contributed by atoms with Gasteiger partial charge in [0.2, 0.25) is 0 Å². The maximum atomic E-state index is 5.01. The summed E-state index contributed by atoms with van der Waals surface area (Å²) < 4.78 is 6.96. The molecule has 0 spiro atoms. The van der Waals surface area contributed by atoms with Crippen LogP contribution in [0.15, 0.2) is 30.9 Å². The molecule has 0 amide bonds. The first kappa shape index (κ1) is 9.79. The summed E-state index contributed by atoms with van der Waals surface area (Å²) in [5, 5.41) is 7.94. The number of hydrogen-bond acceptors (Lipinski definition) is 4. The van der Waals surface area contributed by atoms with E-state index in [2.05, 4.69) is 15.2 Å². The molecule has 0 aliphatic heterocycles. The maximum Gasteiger partial charge on any atom is 0.165 e. The van der Waals surface area contributed by atoms with E-state index in [0.29, 0.717) is 6.61 Å². The Kier molecular flexibility index (Phi) is 3.04. The highest BCUT2D eigenvalue weighted by Crippen LogP contribution is 2.13. The van der Waals surface area contributed by atoms with Crippen molar-refractivity contribution in [2.75, 3.05) is 13.7 Å². The van der Waals surface area contributed by atoms with Crippen LogP contribution in [-0.2, 0) is 11.3 Å². The average Bonchev–Trinajstić information content (AvgIpc) is 2.75. The third-order valence-corrected chi connectivity index (χ3v) is 2.07. The van der Waals surface area contributed by atoms with Crippen molar-refractivity contribution in [3.05, 3.63) is 30.9 Å². The Balaban J connectivity index is 2.25. The molecule has 0 saturated carbocycles. The molecule has 0 atom stereocenters. The van der Waals surface area contributed by atoms with Crippen LogP contribution >= 0.6 is 0 Å². The number of methoxy groups -OCH3 is 1. The van der Waals surface area contributed by atoms with Gasteiger partial charge in [0.05, 0.1) is 6.61 Å². The second kappa shape index (κ2) is 4.65. The summed E-state index contributed by atoms with van der Waals surface area (Å²) in [5.74, 6) is 0.820. The van der Waals surface area contributed by atoms with Crippen LogP contribution in [0.25, 0.3) is 11.4 Å². The summed E-state index contributed by atoms with van der Waals surface area (Å²) in [6.07, 6.45) is 5.20. The lowest BCUT2D eigenvalue weighted by Crippen LogP contribution is -2.04.